The Bertz CT molecular complexity index is 452. The number of hydrogen-bond donors (Lipinski definition) is 2. The number of primary amides is 1. The maximum Gasteiger partial charge on any atom is 0.332 e. The zero-order valence-electron chi connectivity index (χ0n) is 12.0. The van der Waals surface area contributed by atoms with E-state index < -0.39 is 6.03 Å². The zero-order chi connectivity index (χ0) is 14.6. The molecule has 3 N–H and O–H groups in total. The van der Waals surface area contributed by atoms with E-state index in [2.05, 4.69) is 29.6 Å². The van der Waals surface area contributed by atoms with Crippen LogP contribution in [0.5, 0.6) is 0 Å². The number of unbranched alkanes of at least 4 members (excludes halogenated alkanes) is 3. The van der Waals surface area contributed by atoms with Gasteiger partial charge in [-0.3, -0.25) is 0 Å². The summed E-state index contributed by atoms with van der Waals surface area (Å²) < 4.78 is 0. The van der Waals surface area contributed by atoms with Crippen LogP contribution in [0.2, 0.25) is 0 Å². The predicted octanol–water partition coefficient (Wildman–Crippen LogP) is 3.69. The number of allylic oxidation sites excluding steroid dienone is 2. The van der Waals surface area contributed by atoms with Crippen molar-refractivity contribution in [1.82, 2.24) is 5.43 Å². The SMILES string of the molecule is CCCCCC/C(=C\C=N\NC(N)=O)c1ccccc1. The Morgan fingerprint density at radius 3 is 2.65 bits per heavy atom. The molecule has 0 aliphatic rings. The van der Waals surface area contributed by atoms with Crippen molar-refractivity contribution in [2.45, 2.75) is 39.0 Å². The summed E-state index contributed by atoms with van der Waals surface area (Å²) >= 11 is 0. The molecule has 0 fully saturated rings. The van der Waals surface area contributed by atoms with Crippen molar-refractivity contribution in [1.29, 1.82) is 0 Å². The predicted molar refractivity (Wildman–Crippen MR) is 84.4 cm³/mol. The number of carbonyl (C=O) groups excluding carboxylic acids is 1. The molecule has 0 aromatic heterocycles. The Hall–Kier alpha value is -2.10. The van der Waals surface area contributed by atoms with Crippen molar-refractivity contribution in [2.75, 3.05) is 0 Å². The number of carbonyl (C=O) groups is 1. The fourth-order valence-electron chi connectivity index (χ4n) is 1.95. The Balaban J connectivity index is 2.66. The van der Waals surface area contributed by atoms with E-state index in [1.165, 1.54) is 30.4 Å². The number of nitrogens with two attached hydrogens (primary N) is 1. The smallest absolute Gasteiger partial charge is 0.332 e. The number of hydrazone groups is 1. The Morgan fingerprint density at radius 2 is 2.00 bits per heavy atom. The van der Waals surface area contributed by atoms with E-state index in [1.54, 1.807) is 6.21 Å². The minimum atomic E-state index is -0.654. The molecule has 0 radical (unpaired) electrons. The molecule has 0 unspecified atom stereocenters. The lowest BCUT2D eigenvalue weighted by Crippen LogP contribution is -2.24. The normalized spacial score (nSPS) is 11.8. The second-order valence-electron chi connectivity index (χ2n) is 4.62. The Morgan fingerprint density at radius 1 is 1.25 bits per heavy atom. The van der Waals surface area contributed by atoms with Crippen LogP contribution in [-0.2, 0) is 0 Å². The standard InChI is InChI=1S/C16H23N3O/c1-2-3-4-6-11-15(12-13-18-19-16(17)20)14-9-7-5-8-10-14/h5,7-10,12-13H,2-4,6,11H2,1H3,(H3,17,19,20)/b15-12+,18-13+. The van der Waals surface area contributed by atoms with Gasteiger partial charge in [0.05, 0.1) is 0 Å². The molecular weight excluding hydrogens is 250 g/mol. The van der Waals surface area contributed by atoms with Gasteiger partial charge >= 0.3 is 6.03 Å². The molecule has 0 atom stereocenters. The van der Waals surface area contributed by atoms with Gasteiger partial charge in [-0.1, -0.05) is 56.5 Å². The van der Waals surface area contributed by atoms with Crippen LogP contribution in [0.15, 0.2) is 41.5 Å². The lowest BCUT2D eigenvalue weighted by Gasteiger charge is -2.07. The first kappa shape index (κ1) is 16.0. The molecule has 2 amide bonds. The summed E-state index contributed by atoms with van der Waals surface area (Å²) in [5.74, 6) is 0. The van der Waals surface area contributed by atoms with Gasteiger partial charge in [0.2, 0.25) is 0 Å². The highest BCUT2D eigenvalue weighted by molar-refractivity contribution is 5.85. The molecule has 0 saturated carbocycles. The molecule has 4 heteroatoms. The number of nitrogens with zero attached hydrogens (tertiary/aromatic N) is 1. The van der Waals surface area contributed by atoms with E-state index in [0.29, 0.717) is 0 Å². The molecule has 0 bridgehead atoms. The van der Waals surface area contributed by atoms with E-state index in [4.69, 9.17) is 5.73 Å². The molecule has 0 aliphatic heterocycles. The average molecular weight is 273 g/mol. The number of amides is 2. The van der Waals surface area contributed by atoms with Crippen LogP contribution in [0, 0.1) is 0 Å². The number of nitrogens with one attached hydrogen (secondary N) is 1. The molecule has 4 nitrogen and oxygen atoms in total. The summed E-state index contributed by atoms with van der Waals surface area (Å²) in [5, 5.41) is 3.75. The van der Waals surface area contributed by atoms with E-state index in [0.717, 1.165) is 12.8 Å². The summed E-state index contributed by atoms with van der Waals surface area (Å²) in [5.41, 5.74) is 9.55. The third-order valence-corrected chi connectivity index (χ3v) is 2.97. The highest BCUT2D eigenvalue weighted by Gasteiger charge is 2.00. The highest BCUT2D eigenvalue weighted by atomic mass is 16.2. The number of rotatable bonds is 8. The fraction of sp³-hybridized carbons (Fsp3) is 0.375. The van der Waals surface area contributed by atoms with Crippen molar-refractivity contribution >= 4 is 17.8 Å². The van der Waals surface area contributed by atoms with E-state index in [9.17, 15) is 4.79 Å². The van der Waals surface area contributed by atoms with E-state index in [1.807, 2.05) is 24.3 Å². The van der Waals surface area contributed by atoms with E-state index >= 15 is 0 Å². The minimum absolute atomic E-state index is 0.654. The van der Waals surface area contributed by atoms with Crippen LogP contribution >= 0.6 is 0 Å². The number of benzene rings is 1. The van der Waals surface area contributed by atoms with Gasteiger partial charge in [-0.25, -0.2) is 10.2 Å². The number of hydrogen-bond acceptors (Lipinski definition) is 2. The third-order valence-electron chi connectivity index (χ3n) is 2.97. The molecule has 108 valence electrons. The summed E-state index contributed by atoms with van der Waals surface area (Å²) in [4.78, 5) is 10.5. The lowest BCUT2D eigenvalue weighted by molar-refractivity contribution is 0.249. The van der Waals surface area contributed by atoms with Gasteiger partial charge in [0.15, 0.2) is 0 Å². The van der Waals surface area contributed by atoms with Crippen LogP contribution < -0.4 is 11.2 Å². The topological polar surface area (TPSA) is 67.5 Å². The first-order valence-electron chi connectivity index (χ1n) is 7.07. The molecule has 0 saturated heterocycles. The Kier molecular flexibility index (Phi) is 7.80. The molecule has 0 aliphatic carbocycles. The van der Waals surface area contributed by atoms with Crippen molar-refractivity contribution in [2.24, 2.45) is 10.8 Å². The van der Waals surface area contributed by atoms with Gasteiger partial charge in [-0.15, -0.1) is 0 Å². The van der Waals surface area contributed by atoms with Crippen LogP contribution in [0.25, 0.3) is 5.57 Å². The Labute approximate surface area is 120 Å². The zero-order valence-corrected chi connectivity index (χ0v) is 12.0. The van der Waals surface area contributed by atoms with E-state index in [-0.39, 0.29) is 0 Å². The summed E-state index contributed by atoms with van der Waals surface area (Å²) in [6.07, 6.45) is 9.40. The monoisotopic (exact) mass is 273 g/mol. The van der Waals surface area contributed by atoms with Gasteiger partial charge in [-0.2, -0.15) is 5.10 Å². The molecule has 0 spiro atoms. The van der Waals surface area contributed by atoms with Crippen molar-refractivity contribution in [3.05, 3.63) is 42.0 Å². The summed E-state index contributed by atoms with van der Waals surface area (Å²) in [6.45, 7) is 2.20. The van der Waals surface area contributed by atoms with Crippen molar-refractivity contribution in [3.63, 3.8) is 0 Å². The average Bonchev–Trinajstić information content (AvgIpc) is 2.46. The molecule has 1 rings (SSSR count). The van der Waals surface area contributed by atoms with Crippen LogP contribution in [0.1, 0.15) is 44.6 Å². The molecular formula is C16H23N3O. The van der Waals surface area contributed by atoms with Gasteiger partial charge in [-0.05, 0) is 30.1 Å². The van der Waals surface area contributed by atoms with Crippen LogP contribution in [0.4, 0.5) is 4.79 Å². The first-order valence-corrected chi connectivity index (χ1v) is 7.07. The van der Waals surface area contributed by atoms with Gasteiger partial charge in [0, 0.05) is 6.21 Å². The first-order chi connectivity index (χ1) is 9.74. The molecule has 1 aromatic rings. The fourth-order valence-corrected chi connectivity index (χ4v) is 1.95. The lowest BCUT2D eigenvalue weighted by atomic mass is 9.99. The summed E-state index contributed by atoms with van der Waals surface area (Å²) in [6, 6.07) is 9.56. The van der Waals surface area contributed by atoms with Crippen LogP contribution in [-0.4, -0.2) is 12.2 Å². The highest BCUT2D eigenvalue weighted by Crippen LogP contribution is 2.20. The second kappa shape index (κ2) is 9.78. The number of urea groups is 1. The maximum absolute atomic E-state index is 10.5. The van der Waals surface area contributed by atoms with Crippen molar-refractivity contribution in [3.8, 4) is 0 Å². The minimum Gasteiger partial charge on any atom is -0.350 e. The molecule has 1 aromatic carbocycles. The van der Waals surface area contributed by atoms with Crippen LogP contribution in [0.3, 0.4) is 0 Å². The quantitative estimate of drug-likeness (QED) is 0.423. The van der Waals surface area contributed by atoms with Gasteiger partial charge in [0.1, 0.15) is 0 Å². The van der Waals surface area contributed by atoms with Gasteiger partial charge < -0.3 is 5.73 Å². The molecule has 0 heterocycles. The summed E-state index contributed by atoms with van der Waals surface area (Å²) in [7, 11) is 0. The second-order valence-corrected chi connectivity index (χ2v) is 4.62. The van der Waals surface area contributed by atoms with Crippen molar-refractivity contribution < 1.29 is 4.79 Å². The molecule has 20 heavy (non-hydrogen) atoms. The third kappa shape index (κ3) is 6.73. The largest absolute Gasteiger partial charge is 0.350 e. The maximum atomic E-state index is 10.5. The van der Waals surface area contributed by atoms with Gasteiger partial charge in [0.25, 0.3) is 0 Å².